The van der Waals surface area contributed by atoms with Gasteiger partial charge >= 0.3 is 5.97 Å². The van der Waals surface area contributed by atoms with Crippen LogP contribution < -0.4 is 9.80 Å². The third kappa shape index (κ3) is 3.74. The Morgan fingerprint density at radius 2 is 1.83 bits per heavy atom. The van der Waals surface area contributed by atoms with E-state index in [1.54, 1.807) is 43.9 Å². The van der Waals surface area contributed by atoms with E-state index in [4.69, 9.17) is 12.2 Å². The van der Waals surface area contributed by atoms with Crippen LogP contribution >= 0.6 is 12.2 Å². The molecule has 1 aliphatic heterocycles. The molecular formula is C22H23FN2O3S. The van der Waals surface area contributed by atoms with Crippen LogP contribution in [0.5, 0.6) is 0 Å². The van der Waals surface area contributed by atoms with Gasteiger partial charge < -0.3 is 9.64 Å². The number of nitrogens with zero attached hydrogens (tertiary/aromatic N) is 2. The number of thiocarbonyl (C=S) groups is 1. The quantitative estimate of drug-likeness (QED) is 0.543. The number of carbonyl (C=O) groups is 2. The summed E-state index contributed by atoms with van der Waals surface area (Å²) < 4.78 is 19.4. The van der Waals surface area contributed by atoms with E-state index in [1.165, 1.54) is 12.0 Å². The van der Waals surface area contributed by atoms with Gasteiger partial charge in [-0.25, -0.2) is 4.39 Å². The minimum absolute atomic E-state index is 0.158. The van der Waals surface area contributed by atoms with Crippen molar-refractivity contribution < 1.29 is 18.7 Å². The molecule has 0 atom stereocenters. The third-order valence-electron chi connectivity index (χ3n) is 5.12. The van der Waals surface area contributed by atoms with Crippen molar-refractivity contribution in [3.63, 3.8) is 0 Å². The zero-order chi connectivity index (χ0) is 21.3. The number of halogens is 1. The maximum absolute atomic E-state index is 14.7. The van der Waals surface area contributed by atoms with Gasteiger partial charge in [-0.3, -0.25) is 14.5 Å². The fourth-order valence-electron chi connectivity index (χ4n) is 3.41. The van der Waals surface area contributed by atoms with Gasteiger partial charge in [0.2, 0.25) is 0 Å². The molecule has 2 aromatic carbocycles. The van der Waals surface area contributed by atoms with Crippen LogP contribution in [0.1, 0.15) is 31.4 Å². The second-order valence-corrected chi connectivity index (χ2v) is 7.83. The first-order chi connectivity index (χ1) is 13.7. The summed E-state index contributed by atoms with van der Waals surface area (Å²) >= 11 is 5.59. The second kappa shape index (κ2) is 7.91. The Morgan fingerprint density at radius 1 is 1.17 bits per heavy atom. The molecule has 0 aromatic heterocycles. The van der Waals surface area contributed by atoms with E-state index in [1.807, 2.05) is 24.3 Å². The van der Waals surface area contributed by atoms with Gasteiger partial charge in [-0.15, -0.1) is 0 Å². The Bertz CT molecular complexity index is 973. The topological polar surface area (TPSA) is 49.9 Å². The van der Waals surface area contributed by atoms with Crippen molar-refractivity contribution in [2.24, 2.45) is 0 Å². The zero-order valence-corrected chi connectivity index (χ0v) is 17.7. The summed E-state index contributed by atoms with van der Waals surface area (Å²) in [6.07, 6.45) is 0.850. The monoisotopic (exact) mass is 414 g/mol. The molecule has 152 valence electrons. The van der Waals surface area contributed by atoms with E-state index in [-0.39, 0.29) is 22.7 Å². The van der Waals surface area contributed by atoms with Crippen LogP contribution in [0.4, 0.5) is 15.8 Å². The molecule has 3 rings (SSSR count). The average molecular weight is 415 g/mol. The number of benzene rings is 2. The lowest BCUT2D eigenvalue weighted by Gasteiger charge is -2.29. The summed E-state index contributed by atoms with van der Waals surface area (Å²) in [5.41, 5.74) is 1.33. The van der Waals surface area contributed by atoms with Gasteiger partial charge in [0.05, 0.1) is 12.8 Å². The standard InChI is InChI=1S/C22H23FN2O3S/c1-14-6-5-7-17(19(14)23)24-20(27)22(2,3)25(21(24)29)16-11-8-15(9-12-16)10-13-18(26)28-4/h5-9,11-12H,10,13H2,1-4H3. The fourth-order valence-corrected chi connectivity index (χ4v) is 3.92. The van der Waals surface area contributed by atoms with E-state index < -0.39 is 11.4 Å². The van der Waals surface area contributed by atoms with Gasteiger partial charge in [-0.1, -0.05) is 24.3 Å². The van der Waals surface area contributed by atoms with Gasteiger partial charge in [-0.05, 0) is 68.7 Å². The molecule has 1 heterocycles. The summed E-state index contributed by atoms with van der Waals surface area (Å²) in [6, 6.07) is 12.4. The number of anilines is 2. The highest BCUT2D eigenvalue weighted by Gasteiger charge is 2.50. The van der Waals surface area contributed by atoms with Crippen molar-refractivity contribution in [2.75, 3.05) is 16.9 Å². The molecule has 1 amide bonds. The van der Waals surface area contributed by atoms with Crippen LogP contribution in [0.2, 0.25) is 0 Å². The van der Waals surface area contributed by atoms with Gasteiger partial charge in [-0.2, -0.15) is 0 Å². The smallest absolute Gasteiger partial charge is 0.305 e. The highest BCUT2D eigenvalue weighted by Crippen LogP contribution is 2.37. The van der Waals surface area contributed by atoms with E-state index in [2.05, 4.69) is 4.74 Å². The number of rotatable bonds is 5. The van der Waals surface area contributed by atoms with Crippen LogP contribution in [0, 0.1) is 12.7 Å². The Hall–Kier alpha value is -2.80. The minimum atomic E-state index is -0.971. The number of esters is 1. The third-order valence-corrected chi connectivity index (χ3v) is 5.49. The predicted octanol–water partition coefficient (Wildman–Crippen LogP) is 4.16. The van der Waals surface area contributed by atoms with Crippen LogP contribution in [-0.4, -0.2) is 29.6 Å². The molecule has 1 saturated heterocycles. The molecule has 7 heteroatoms. The first-order valence-electron chi connectivity index (χ1n) is 9.28. The summed E-state index contributed by atoms with van der Waals surface area (Å²) in [7, 11) is 1.36. The first kappa shape index (κ1) is 20.9. The van der Waals surface area contributed by atoms with Crippen LogP contribution in [0.3, 0.4) is 0 Å². The number of hydrogen-bond donors (Lipinski definition) is 0. The molecule has 0 spiro atoms. The predicted molar refractivity (Wildman–Crippen MR) is 115 cm³/mol. The molecule has 0 unspecified atom stereocenters. The zero-order valence-electron chi connectivity index (χ0n) is 16.9. The molecule has 1 fully saturated rings. The highest BCUT2D eigenvalue weighted by atomic mass is 32.1. The lowest BCUT2D eigenvalue weighted by atomic mass is 10.0. The van der Waals surface area contributed by atoms with Crippen molar-refractivity contribution in [3.05, 3.63) is 59.4 Å². The molecular weight excluding hydrogens is 391 g/mol. The van der Waals surface area contributed by atoms with Gasteiger partial charge in [0, 0.05) is 12.1 Å². The van der Waals surface area contributed by atoms with Gasteiger partial charge in [0.25, 0.3) is 5.91 Å². The van der Waals surface area contributed by atoms with Crippen molar-refractivity contribution >= 4 is 40.6 Å². The number of amides is 1. The molecule has 1 aliphatic rings. The molecule has 2 aromatic rings. The van der Waals surface area contributed by atoms with E-state index in [0.29, 0.717) is 18.4 Å². The normalized spacial score (nSPS) is 15.8. The van der Waals surface area contributed by atoms with Crippen molar-refractivity contribution in [3.8, 4) is 0 Å². The van der Waals surface area contributed by atoms with Crippen LogP contribution in [-0.2, 0) is 20.7 Å². The summed E-state index contributed by atoms with van der Waals surface area (Å²) in [6.45, 7) is 5.18. The highest BCUT2D eigenvalue weighted by molar-refractivity contribution is 7.81. The Balaban J connectivity index is 1.91. The van der Waals surface area contributed by atoms with Gasteiger partial charge in [0.15, 0.2) is 5.11 Å². The SMILES string of the molecule is COC(=O)CCc1ccc(N2C(=S)N(c3cccc(C)c3F)C(=O)C2(C)C)cc1. The van der Waals surface area contributed by atoms with Crippen LogP contribution in [0.15, 0.2) is 42.5 Å². The second-order valence-electron chi connectivity index (χ2n) is 7.47. The van der Waals surface area contributed by atoms with E-state index >= 15 is 0 Å². The Labute approximate surface area is 175 Å². The molecule has 0 radical (unpaired) electrons. The van der Waals surface area contributed by atoms with E-state index in [0.717, 1.165) is 11.3 Å². The van der Waals surface area contributed by atoms with Gasteiger partial charge in [0.1, 0.15) is 11.4 Å². The summed E-state index contributed by atoms with van der Waals surface area (Å²) in [5, 5.41) is 0.229. The number of carbonyl (C=O) groups excluding carboxylic acids is 2. The molecule has 0 N–H and O–H groups in total. The lowest BCUT2D eigenvalue weighted by molar-refractivity contribution is -0.140. The maximum atomic E-state index is 14.7. The summed E-state index contributed by atoms with van der Waals surface area (Å²) in [5.74, 6) is -1.02. The number of aryl methyl sites for hydroxylation is 2. The van der Waals surface area contributed by atoms with Crippen LogP contribution in [0.25, 0.3) is 0 Å². The lowest BCUT2D eigenvalue weighted by Crippen LogP contribution is -2.44. The number of ether oxygens (including phenoxy) is 1. The average Bonchev–Trinajstić information content (AvgIpc) is 2.87. The number of hydrogen-bond acceptors (Lipinski definition) is 4. The Morgan fingerprint density at radius 3 is 2.45 bits per heavy atom. The molecule has 29 heavy (non-hydrogen) atoms. The van der Waals surface area contributed by atoms with E-state index in [9.17, 15) is 14.0 Å². The largest absolute Gasteiger partial charge is 0.469 e. The van der Waals surface area contributed by atoms with Crippen molar-refractivity contribution in [1.82, 2.24) is 0 Å². The minimum Gasteiger partial charge on any atom is -0.469 e. The molecule has 0 bridgehead atoms. The number of methoxy groups -OCH3 is 1. The molecule has 5 nitrogen and oxygen atoms in total. The Kier molecular flexibility index (Phi) is 5.71. The van der Waals surface area contributed by atoms with Crippen molar-refractivity contribution in [1.29, 1.82) is 0 Å². The fraction of sp³-hybridized carbons (Fsp3) is 0.318. The molecule has 0 saturated carbocycles. The first-order valence-corrected chi connectivity index (χ1v) is 9.69. The van der Waals surface area contributed by atoms with Crippen molar-refractivity contribution in [2.45, 2.75) is 39.2 Å². The molecule has 0 aliphatic carbocycles. The maximum Gasteiger partial charge on any atom is 0.305 e. The summed E-state index contributed by atoms with van der Waals surface area (Å²) in [4.78, 5) is 27.5.